The van der Waals surface area contributed by atoms with Crippen LogP contribution in [0.15, 0.2) is 48.0 Å². The highest BCUT2D eigenvalue weighted by molar-refractivity contribution is 5.99. The van der Waals surface area contributed by atoms with Gasteiger partial charge in [-0.2, -0.15) is 0 Å². The van der Waals surface area contributed by atoms with Gasteiger partial charge < -0.3 is 14.4 Å². The third-order valence-electron chi connectivity index (χ3n) is 6.22. The highest BCUT2D eigenvalue weighted by atomic mass is 16.5. The van der Waals surface area contributed by atoms with E-state index in [1.54, 1.807) is 6.33 Å². The van der Waals surface area contributed by atoms with Crippen molar-refractivity contribution in [3.05, 3.63) is 59.1 Å². The standard InChI is InChI=1S/C24H27N3O3/c1-24(2)13-18(28)20-17(12-16-6-4-3-5-7-16)21-22(27-8-10-29-11-9-27)25-15-26-23(21)30-19(20)14-24/h3-7,15,17H,8-14H2,1-2H3. The molecule has 3 aliphatic rings. The molecule has 0 bridgehead atoms. The Balaban J connectivity index is 1.64. The number of hydrogen-bond donors (Lipinski definition) is 0. The molecule has 3 heterocycles. The number of benzene rings is 1. The van der Waals surface area contributed by atoms with Crippen molar-refractivity contribution in [2.45, 2.75) is 39.0 Å². The Hall–Kier alpha value is -2.73. The molecule has 5 rings (SSSR count). The summed E-state index contributed by atoms with van der Waals surface area (Å²) in [7, 11) is 0. The molecular weight excluding hydrogens is 378 g/mol. The van der Waals surface area contributed by atoms with E-state index in [4.69, 9.17) is 9.47 Å². The summed E-state index contributed by atoms with van der Waals surface area (Å²) in [6.45, 7) is 7.13. The van der Waals surface area contributed by atoms with Crippen molar-refractivity contribution in [3.63, 3.8) is 0 Å². The van der Waals surface area contributed by atoms with Gasteiger partial charge in [-0.1, -0.05) is 44.2 Å². The first-order valence-electron chi connectivity index (χ1n) is 10.7. The predicted octanol–water partition coefficient (Wildman–Crippen LogP) is 3.68. The summed E-state index contributed by atoms with van der Waals surface area (Å²) in [5.41, 5.74) is 2.84. The number of rotatable bonds is 3. The van der Waals surface area contributed by atoms with E-state index in [2.05, 4.69) is 40.8 Å². The molecule has 156 valence electrons. The predicted molar refractivity (Wildman–Crippen MR) is 114 cm³/mol. The van der Waals surface area contributed by atoms with Crippen LogP contribution in [0.5, 0.6) is 5.88 Å². The smallest absolute Gasteiger partial charge is 0.227 e. The summed E-state index contributed by atoms with van der Waals surface area (Å²) in [5, 5.41) is 0. The molecule has 0 amide bonds. The first-order chi connectivity index (χ1) is 14.5. The second-order valence-electron chi connectivity index (χ2n) is 9.14. The van der Waals surface area contributed by atoms with Gasteiger partial charge in [-0.3, -0.25) is 4.79 Å². The number of allylic oxidation sites excluding steroid dienone is 2. The van der Waals surface area contributed by atoms with Crippen molar-refractivity contribution in [2.75, 3.05) is 31.2 Å². The van der Waals surface area contributed by atoms with Crippen LogP contribution in [0.25, 0.3) is 0 Å². The van der Waals surface area contributed by atoms with Crippen molar-refractivity contribution < 1.29 is 14.3 Å². The molecule has 1 aromatic carbocycles. The van der Waals surface area contributed by atoms with Crippen LogP contribution in [0.1, 0.15) is 43.7 Å². The molecule has 0 radical (unpaired) electrons. The van der Waals surface area contributed by atoms with Crippen LogP contribution in [0.4, 0.5) is 5.82 Å². The molecule has 6 heteroatoms. The summed E-state index contributed by atoms with van der Waals surface area (Å²) in [5.74, 6) is 2.33. The van der Waals surface area contributed by atoms with Crippen LogP contribution in [-0.4, -0.2) is 42.1 Å². The SMILES string of the molecule is CC1(C)CC(=O)C2=C(C1)Oc1ncnc(N3CCOCC3)c1C2Cc1ccccc1. The van der Waals surface area contributed by atoms with Crippen molar-refractivity contribution in [1.29, 1.82) is 0 Å². The van der Waals surface area contributed by atoms with E-state index in [1.165, 1.54) is 5.56 Å². The number of carbonyl (C=O) groups is 1. The fourth-order valence-electron chi connectivity index (χ4n) is 4.86. The molecule has 6 nitrogen and oxygen atoms in total. The fourth-order valence-corrected chi connectivity index (χ4v) is 4.86. The van der Waals surface area contributed by atoms with Crippen LogP contribution < -0.4 is 9.64 Å². The van der Waals surface area contributed by atoms with Gasteiger partial charge in [0.1, 0.15) is 17.9 Å². The molecule has 30 heavy (non-hydrogen) atoms. The number of morpholine rings is 1. The first kappa shape index (κ1) is 19.2. The summed E-state index contributed by atoms with van der Waals surface area (Å²) >= 11 is 0. The normalized spacial score (nSPS) is 22.9. The van der Waals surface area contributed by atoms with Crippen LogP contribution in [0.3, 0.4) is 0 Å². The Morgan fingerprint density at radius 1 is 1.10 bits per heavy atom. The van der Waals surface area contributed by atoms with Crippen molar-refractivity contribution >= 4 is 11.6 Å². The summed E-state index contributed by atoms with van der Waals surface area (Å²) in [4.78, 5) is 24.7. The number of Topliss-reactive ketones (excluding diaryl/α,β-unsaturated/α-hetero) is 1. The second-order valence-corrected chi connectivity index (χ2v) is 9.14. The van der Waals surface area contributed by atoms with Gasteiger partial charge in [0.05, 0.1) is 18.8 Å². The number of hydrogen-bond acceptors (Lipinski definition) is 6. The van der Waals surface area contributed by atoms with Gasteiger partial charge in [-0.05, 0) is 17.4 Å². The number of carbonyl (C=O) groups excluding carboxylic acids is 1. The maximum atomic E-state index is 13.3. The molecule has 0 saturated carbocycles. The van der Waals surface area contributed by atoms with Gasteiger partial charge in [0.25, 0.3) is 0 Å². The largest absolute Gasteiger partial charge is 0.442 e. The minimum atomic E-state index is -0.106. The Bertz CT molecular complexity index is 994. The van der Waals surface area contributed by atoms with Gasteiger partial charge in [0.15, 0.2) is 5.78 Å². The van der Waals surface area contributed by atoms with Gasteiger partial charge in [0.2, 0.25) is 5.88 Å². The Morgan fingerprint density at radius 3 is 2.63 bits per heavy atom. The van der Waals surface area contributed by atoms with Crippen LogP contribution in [0.2, 0.25) is 0 Å². The molecule has 1 aromatic heterocycles. The molecule has 2 aliphatic heterocycles. The average Bonchev–Trinajstić information content (AvgIpc) is 2.73. The zero-order chi connectivity index (χ0) is 20.7. The van der Waals surface area contributed by atoms with E-state index in [0.717, 1.165) is 48.6 Å². The zero-order valence-corrected chi connectivity index (χ0v) is 17.6. The summed E-state index contributed by atoms with van der Waals surface area (Å²) in [6.07, 6.45) is 3.59. The molecule has 2 aromatic rings. The highest BCUT2D eigenvalue weighted by Crippen LogP contribution is 2.50. The minimum Gasteiger partial charge on any atom is -0.442 e. The number of aromatic nitrogens is 2. The lowest BCUT2D eigenvalue weighted by atomic mass is 9.70. The molecule has 1 atom stereocenters. The lowest BCUT2D eigenvalue weighted by Crippen LogP contribution is -2.39. The van der Waals surface area contributed by atoms with Gasteiger partial charge >= 0.3 is 0 Å². The van der Waals surface area contributed by atoms with Crippen molar-refractivity contribution in [1.82, 2.24) is 9.97 Å². The highest BCUT2D eigenvalue weighted by Gasteiger charge is 2.43. The number of ketones is 1. The first-order valence-corrected chi connectivity index (χ1v) is 10.7. The quantitative estimate of drug-likeness (QED) is 0.776. The Kier molecular flexibility index (Phi) is 4.82. The summed E-state index contributed by atoms with van der Waals surface area (Å²) < 4.78 is 11.8. The maximum absolute atomic E-state index is 13.3. The number of nitrogens with zero attached hydrogens (tertiary/aromatic N) is 3. The Labute approximate surface area is 176 Å². The molecular formula is C24H27N3O3. The third-order valence-corrected chi connectivity index (χ3v) is 6.22. The molecule has 0 spiro atoms. The summed E-state index contributed by atoms with van der Waals surface area (Å²) in [6, 6.07) is 10.3. The molecule has 0 N–H and O–H groups in total. The number of fused-ring (bicyclic) bond motifs is 1. The van der Waals surface area contributed by atoms with Crippen molar-refractivity contribution in [3.8, 4) is 5.88 Å². The van der Waals surface area contributed by atoms with E-state index in [1.807, 2.05) is 18.2 Å². The molecule has 1 unspecified atom stereocenters. The van der Waals surface area contributed by atoms with E-state index in [0.29, 0.717) is 25.5 Å². The van der Waals surface area contributed by atoms with Gasteiger partial charge in [-0.25, -0.2) is 9.97 Å². The third kappa shape index (κ3) is 3.49. The average molecular weight is 405 g/mol. The number of anilines is 1. The topological polar surface area (TPSA) is 64.5 Å². The minimum absolute atomic E-state index is 0.103. The van der Waals surface area contributed by atoms with Crippen molar-refractivity contribution in [2.24, 2.45) is 5.41 Å². The maximum Gasteiger partial charge on any atom is 0.227 e. The number of ether oxygens (including phenoxy) is 2. The van der Waals surface area contributed by atoms with Crippen LogP contribution in [-0.2, 0) is 16.0 Å². The second kappa shape index (κ2) is 7.51. The monoisotopic (exact) mass is 405 g/mol. The fraction of sp³-hybridized carbons (Fsp3) is 0.458. The lowest BCUT2D eigenvalue weighted by Gasteiger charge is -2.39. The zero-order valence-electron chi connectivity index (χ0n) is 17.6. The van der Waals surface area contributed by atoms with Gasteiger partial charge in [-0.15, -0.1) is 0 Å². The Morgan fingerprint density at radius 2 is 1.87 bits per heavy atom. The van der Waals surface area contributed by atoms with Crippen LogP contribution in [0, 0.1) is 5.41 Å². The van der Waals surface area contributed by atoms with E-state index >= 15 is 0 Å². The molecule has 1 aliphatic carbocycles. The van der Waals surface area contributed by atoms with E-state index < -0.39 is 0 Å². The van der Waals surface area contributed by atoms with E-state index in [-0.39, 0.29) is 17.1 Å². The van der Waals surface area contributed by atoms with Crippen LogP contribution >= 0.6 is 0 Å². The lowest BCUT2D eigenvalue weighted by molar-refractivity contribution is -0.118. The molecule has 1 saturated heterocycles. The van der Waals surface area contributed by atoms with E-state index in [9.17, 15) is 4.79 Å². The van der Waals surface area contributed by atoms with Gasteiger partial charge in [0, 0.05) is 37.4 Å². The molecule has 1 fully saturated rings.